The van der Waals surface area contributed by atoms with Crippen molar-refractivity contribution >= 4 is 22.7 Å². The summed E-state index contributed by atoms with van der Waals surface area (Å²) in [5.74, 6) is -2.59. The van der Waals surface area contributed by atoms with Crippen LogP contribution in [0, 0.1) is 17.6 Å². The van der Waals surface area contributed by atoms with Crippen LogP contribution in [-0.2, 0) is 4.79 Å². The average Bonchev–Trinajstić information content (AvgIpc) is 2.94. The van der Waals surface area contributed by atoms with Crippen LogP contribution in [0.15, 0.2) is 40.8 Å². The first-order valence-electron chi connectivity index (χ1n) is 7.11. The van der Waals surface area contributed by atoms with Crippen LogP contribution in [-0.4, -0.2) is 10.9 Å². The first-order valence-corrected chi connectivity index (χ1v) is 7.11. The molecule has 0 aliphatic rings. The average molecular weight is 316 g/mol. The molecule has 0 spiro atoms. The van der Waals surface area contributed by atoms with Gasteiger partial charge < -0.3 is 9.73 Å². The van der Waals surface area contributed by atoms with Crippen molar-refractivity contribution in [3.05, 3.63) is 48.0 Å². The fraction of sp³-hybridized carbons (Fsp3) is 0.176. The van der Waals surface area contributed by atoms with Gasteiger partial charge in [-0.2, -0.15) is 0 Å². The molecule has 3 aromatic rings. The van der Waals surface area contributed by atoms with Crippen LogP contribution in [0.2, 0.25) is 0 Å². The third-order valence-corrected chi connectivity index (χ3v) is 3.37. The summed E-state index contributed by atoms with van der Waals surface area (Å²) >= 11 is 0. The summed E-state index contributed by atoms with van der Waals surface area (Å²) in [5, 5.41) is 2.58. The molecule has 1 heterocycles. The Bertz CT molecular complexity index is 854. The van der Waals surface area contributed by atoms with Gasteiger partial charge in [-0.15, -0.1) is 0 Å². The molecular weight excluding hydrogens is 302 g/mol. The number of anilines is 1. The maximum atomic E-state index is 13.6. The topological polar surface area (TPSA) is 55.1 Å². The van der Waals surface area contributed by atoms with E-state index in [1.807, 2.05) is 0 Å². The molecule has 0 unspecified atom stereocenters. The van der Waals surface area contributed by atoms with Crippen LogP contribution in [0.25, 0.3) is 22.6 Å². The second-order valence-electron chi connectivity index (χ2n) is 5.44. The van der Waals surface area contributed by atoms with E-state index in [2.05, 4.69) is 10.3 Å². The van der Waals surface area contributed by atoms with Crippen molar-refractivity contribution in [2.45, 2.75) is 13.8 Å². The molecule has 1 amide bonds. The highest BCUT2D eigenvalue weighted by Crippen LogP contribution is 2.32. The number of carbonyl (C=O) groups excluding carboxylic acids is 1. The fourth-order valence-electron chi connectivity index (χ4n) is 2.09. The van der Waals surface area contributed by atoms with E-state index in [9.17, 15) is 13.6 Å². The van der Waals surface area contributed by atoms with Gasteiger partial charge in [-0.25, -0.2) is 13.8 Å². The third-order valence-electron chi connectivity index (χ3n) is 3.37. The lowest BCUT2D eigenvalue weighted by Crippen LogP contribution is -2.18. The number of oxazole rings is 1. The maximum Gasteiger partial charge on any atom is 0.229 e. The zero-order chi connectivity index (χ0) is 16.6. The van der Waals surface area contributed by atoms with E-state index in [1.54, 1.807) is 38.1 Å². The highest BCUT2D eigenvalue weighted by molar-refractivity contribution is 5.96. The molecule has 23 heavy (non-hydrogen) atoms. The van der Waals surface area contributed by atoms with E-state index in [0.29, 0.717) is 11.1 Å². The van der Waals surface area contributed by atoms with Crippen LogP contribution in [0.3, 0.4) is 0 Å². The number of aromatic nitrogens is 1. The van der Waals surface area contributed by atoms with Crippen LogP contribution >= 0.6 is 0 Å². The smallest absolute Gasteiger partial charge is 0.229 e. The summed E-state index contributed by atoms with van der Waals surface area (Å²) in [6.07, 6.45) is 0. The number of amides is 1. The number of carbonyl (C=O) groups is 1. The van der Waals surface area contributed by atoms with Gasteiger partial charge >= 0.3 is 0 Å². The lowest BCUT2D eigenvalue weighted by atomic mass is 10.1. The third kappa shape index (κ3) is 2.92. The molecule has 0 saturated heterocycles. The lowest BCUT2D eigenvalue weighted by Gasteiger charge is -2.11. The van der Waals surface area contributed by atoms with Gasteiger partial charge in [-0.3, -0.25) is 4.79 Å². The molecule has 3 rings (SSSR count). The zero-order valence-electron chi connectivity index (χ0n) is 12.6. The number of nitrogens with one attached hydrogen (secondary N) is 1. The summed E-state index contributed by atoms with van der Waals surface area (Å²) in [5.41, 5.74) is 1.42. The fourth-order valence-corrected chi connectivity index (χ4v) is 2.09. The van der Waals surface area contributed by atoms with Gasteiger partial charge in [-0.1, -0.05) is 26.0 Å². The molecule has 0 saturated carbocycles. The van der Waals surface area contributed by atoms with Gasteiger partial charge in [0.05, 0.1) is 11.3 Å². The van der Waals surface area contributed by atoms with Gasteiger partial charge in [-0.05, 0) is 18.2 Å². The molecule has 0 bridgehead atoms. The minimum absolute atomic E-state index is 0.115. The first-order chi connectivity index (χ1) is 11.0. The van der Waals surface area contributed by atoms with Crippen molar-refractivity contribution in [3.63, 3.8) is 0 Å². The van der Waals surface area contributed by atoms with Crippen molar-refractivity contribution in [2.24, 2.45) is 5.92 Å². The van der Waals surface area contributed by atoms with E-state index in [4.69, 9.17) is 4.42 Å². The SMILES string of the molecule is CC(C)C(=O)Nc1cc(F)c(F)cc1-c1nc2ccccc2o1. The maximum absolute atomic E-state index is 13.6. The van der Waals surface area contributed by atoms with E-state index < -0.39 is 11.6 Å². The molecule has 0 fully saturated rings. The molecule has 0 aliphatic carbocycles. The monoisotopic (exact) mass is 316 g/mol. The molecule has 4 nitrogen and oxygen atoms in total. The van der Waals surface area contributed by atoms with E-state index >= 15 is 0 Å². The Kier molecular flexibility index (Phi) is 3.82. The minimum atomic E-state index is -1.05. The normalized spacial score (nSPS) is 11.2. The van der Waals surface area contributed by atoms with E-state index in [0.717, 1.165) is 12.1 Å². The number of hydrogen-bond donors (Lipinski definition) is 1. The second-order valence-corrected chi connectivity index (χ2v) is 5.44. The predicted octanol–water partition coefficient (Wildman–Crippen LogP) is 4.37. The number of hydrogen-bond acceptors (Lipinski definition) is 3. The van der Waals surface area contributed by atoms with Gasteiger partial charge in [0.2, 0.25) is 11.8 Å². The molecule has 0 radical (unpaired) electrons. The molecule has 0 atom stereocenters. The summed E-state index contributed by atoms with van der Waals surface area (Å²) in [7, 11) is 0. The van der Waals surface area contributed by atoms with Crippen LogP contribution in [0.4, 0.5) is 14.5 Å². The second kappa shape index (κ2) is 5.79. The number of fused-ring (bicyclic) bond motifs is 1. The Morgan fingerprint density at radius 2 is 1.87 bits per heavy atom. The quantitative estimate of drug-likeness (QED) is 0.780. The Balaban J connectivity index is 2.12. The zero-order valence-corrected chi connectivity index (χ0v) is 12.6. The number of para-hydroxylation sites is 2. The first kappa shape index (κ1) is 15.1. The number of halogens is 2. The van der Waals surface area contributed by atoms with Crippen molar-refractivity contribution in [1.29, 1.82) is 0 Å². The summed E-state index contributed by atoms with van der Waals surface area (Å²) < 4.78 is 32.8. The predicted molar refractivity (Wildman–Crippen MR) is 82.8 cm³/mol. The van der Waals surface area contributed by atoms with Crippen LogP contribution in [0.5, 0.6) is 0 Å². The van der Waals surface area contributed by atoms with E-state index in [1.165, 1.54) is 0 Å². The van der Waals surface area contributed by atoms with Gasteiger partial charge in [0.1, 0.15) is 5.52 Å². The molecule has 1 aromatic heterocycles. The standard InChI is InChI=1S/C17H14F2N2O2/c1-9(2)16(22)20-14-8-12(19)11(18)7-10(14)17-21-13-5-3-4-6-15(13)23-17/h3-9H,1-2H3,(H,20,22). The number of nitrogens with zero attached hydrogens (tertiary/aromatic N) is 1. The van der Waals surface area contributed by atoms with E-state index in [-0.39, 0.29) is 29.0 Å². The Labute approximate surface area is 131 Å². The summed E-state index contributed by atoms with van der Waals surface area (Å²) in [6, 6.07) is 8.94. The Hall–Kier alpha value is -2.76. The van der Waals surface area contributed by atoms with Crippen molar-refractivity contribution in [2.75, 3.05) is 5.32 Å². The highest BCUT2D eigenvalue weighted by Gasteiger charge is 2.19. The molecule has 1 N–H and O–H groups in total. The van der Waals surface area contributed by atoms with Gasteiger partial charge in [0.25, 0.3) is 0 Å². The summed E-state index contributed by atoms with van der Waals surface area (Å²) in [4.78, 5) is 16.1. The molecule has 118 valence electrons. The number of benzene rings is 2. The molecule has 2 aromatic carbocycles. The molecular formula is C17H14F2N2O2. The van der Waals surface area contributed by atoms with Gasteiger partial charge in [0.15, 0.2) is 17.2 Å². The molecule has 0 aliphatic heterocycles. The van der Waals surface area contributed by atoms with Crippen LogP contribution < -0.4 is 5.32 Å². The largest absolute Gasteiger partial charge is 0.436 e. The Morgan fingerprint density at radius 1 is 1.17 bits per heavy atom. The summed E-state index contributed by atoms with van der Waals surface area (Å²) in [6.45, 7) is 3.41. The van der Waals surface area contributed by atoms with Crippen molar-refractivity contribution in [3.8, 4) is 11.5 Å². The highest BCUT2D eigenvalue weighted by atomic mass is 19.2. The van der Waals surface area contributed by atoms with Crippen molar-refractivity contribution < 1.29 is 18.0 Å². The molecule has 6 heteroatoms. The number of rotatable bonds is 3. The van der Waals surface area contributed by atoms with Gasteiger partial charge in [0, 0.05) is 12.0 Å². The van der Waals surface area contributed by atoms with Crippen molar-refractivity contribution in [1.82, 2.24) is 4.98 Å². The minimum Gasteiger partial charge on any atom is -0.436 e. The Morgan fingerprint density at radius 3 is 2.57 bits per heavy atom. The van der Waals surface area contributed by atoms with Crippen LogP contribution in [0.1, 0.15) is 13.8 Å². The lowest BCUT2D eigenvalue weighted by molar-refractivity contribution is -0.118.